The lowest BCUT2D eigenvalue weighted by Gasteiger charge is -2.33. The Bertz CT molecular complexity index is 904. The van der Waals surface area contributed by atoms with E-state index in [0.29, 0.717) is 18.3 Å². The minimum atomic E-state index is 0.259. The standard InChI is InChI=1S/C19H20N4O3S/c1-2-15(27-9-1)11-22-5-7-23(8-6-22)12-18-20-19(21-26-18)14-3-4-16-17(10-14)25-13-24-16/h1-4,9-10H,5-8,11-13H2. The number of hydrogen-bond donors (Lipinski definition) is 0. The Hall–Kier alpha value is -2.42. The highest BCUT2D eigenvalue weighted by molar-refractivity contribution is 7.09. The number of piperazine rings is 1. The molecular weight excluding hydrogens is 364 g/mol. The predicted octanol–water partition coefficient (Wildman–Crippen LogP) is 2.84. The maximum Gasteiger partial charge on any atom is 0.241 e. The average Bonchev–Trinajstić information content (AvgIpc) is 3.44. The third-order valence-electron chi connectivity index (χ3n) is 4.88. The van der Waals surface area contributed by atoms with E-state index in [1.54, 1.807) is 0 Å². The molecule has 2 aliphatic rings. The fraction of sp³-hybridized carbons (Fsp3) is 0.368. The summed E-state index contributed by atoms with van der Waals surface area (Å²) in [5.74, 6) is 2.71. The molecule has 27 heavy (non-hydrogen) atoms. The van der Waals surface area contributed by atoms with Crippen molar-refractivity contribution in [2.24, 2.45) is 0 Å². The Balaban J connectivity index is 1.18. The minimum absolute atomic E-state index is 0.259. The van der Waals surface area contributed by atoms with E-state index in [0.717, 1.165) is 49.8 Å². The topological polar surface area (TPSA) is 63.9 Å². The molecule has 0 spiro atoms. The highest BCUT2D eigenvalue weighted by Gasteiger charge is 2.21. The summed E-state index contributed by atoms with van der Waals surface area (Å²) in [6.45, 7) is 6.11. The summed E-state index contributed by atoms with van der Waals surface area (Å²) >= 11 is 1.82. The monoisotopic (exact) mass is 384 g/mol. The molecule has 140 valence electrons. The van der Waals surface area contributed by atoms with Crippen LogP contribution in [0.1, 0.15) is 10.8 Å². The normalized spacial score (nSPS) is 17.5. The molecule has 0 saturated carbocycles. The van der Waals surface area contributed by atoms with E-state index in [-0.39, 0.29) is 6.79 Å². The Kier molecular flexibility index (Phi) is 4.52. The van der Waals surface area contributed by atoms with Gasteiger partial charge >= 0.3 is 0 Å². The molecule has 0 N–H and O–H groups in total. The summed E-state index contributed by atoms with van der Waals surface area (Å²) < 4.78 is 16.2. The number of thiophene rings is 1. The highest BCUT2D eigenvalue weighted by Crippen LogP contribution is 2.35. The van der Waals surface area contributed by atoms with Crippen LogP contribution in [0.2, 0.25) is 0 Å². The van der Waals surface area contributed by atoms with E-state index in [4.69, 9.17) is 14.0 Å². The van der Waals surface area contributed by atoms with Crippen LogP contribution in [0.15, 0.2) is 40.2 Å². The molecule has 7 nitrogen and oxygen atoms in total. The third-order valence-corrected chi connectivity index (χ3v) is 5.74. The molecule has 0 amide bonds. The molecule has 1 aromatic carbocycles. The molecule has 2 aromatic heterocycles. The summed E-state index contributed by atoms with van der Waals surface area (Å²) in [4.78, 5) is 10.8. The highest BCUT2D eigenvalue weighted by atomic mass is 32.1. The first kappa shape index (κ1) is 16.7. The van der Waals surface area contributed by atoms with Crippen molar-refractivity contribution < 1.29 is 14.0 Å². The van der Waals surface area contributed by atoms with Crippen molar-refractivity contribution in [1.29, 1.82) is 0 Å². The van der Waals surface area contributed by atoms with Gasteiger partial charge in [0.05, 0.1) is 6.54 Å². The summed E-state index contributed by atoms with van der Waals surface area (Å²) in [6.07, 6.45) is 0. The number of fused-ring (bicyclic) bond motifs is 1. The Morgan fingerprint density at radius 2 is 1.78 bits per heavy atom. The maximum atomic E-state index is 5.47. The zero-order valence-electron chi connectivity index (χ0n) is 14.8. The van der Waals surface area contributed by atoms with Gasteiger partial charge in [0.1, 0.15) is 0 Å². The van der Waals surface area contributed by atoms with Crippen molar-refractivity contribution in [2.75, 3.05) is 33.0 Å². The predicted molar refractivity (Wildman–Crippen MR) is 101 cm³/mol. The van der Waals surface area contributed by atoms with E-state index in [9.17, 15) is 0 Å². The molecule has 0 radical (unpaired) electrons. The first-order valence-electron chi connectivity index (χ1n) is 9.03. The van der Waals surface area contributed by atoms with Gasteiger partial charge in [0, 0.05) is 43.2 Å². The Morgan fingerprint density at radius 1 is 0.963 bits per heavy atom. The lowest BCUT2D eigenvalue weighted by molar-refractivity contribution is 0.113. The van der Waals surface area contributed by atoms with Gasteiger partial charge in [0.15, 0.2) is 11.5 Å². The number of aromatic nitrogens is 2. The molecule has 1 saturated heterocycles. The molecule has 5 rings (SSSR count). The summed E-state index contributed by atoms with van der Waals surface area (Å²) in [5, 5.41) is 6.26. The number of benzene rings is 1. The molecular formula is C19H20N4O3S. The number of ether oxygens (including phenoxy) is 2. The van der Waals surface area contributed by atoms with Crippen LogP contribution in [0, 0.1) is 0 Å². The van der Waals surface area contributed by atoms with Crippen molar-refractivity contribution in [3.63, 3.8) is 0 Å². The van der Waals surface area contributed by atoms with Gasteiger partial charge < -0.3 is 14.0 Å². The van der Waals surface area contributed by atoms with E-state index in [1.165, 1.54) is 4.88 Å². The first-order chi connectivity index (χ1) is 13.3. The third kappa shape index (κ3) is 3.69. The Morgan fingerprint density at radius 3 is 2.59 bits per heavy atom. The van der Waals surface area contributed by atoms with E-state index in [2.05, 4.69) is 37.5 Å². The zero-order chi connectivity index (χ0) is 18.1. The molecule has 1 fully saturated rings. The molecule has 0 bridgehead atoms. The fourth-order valence-corrected chi connectivity index (χ4v) is 4.14. The molecule has 0 atom stereocenters. The van der Waals surface area contributed by atoms with Crippen molar-refractivity contribution in [3.8, 4) is 22.9 Å². The van der Waals surface area contributed by atoms with Crippen LogP contribution in [0.25, 0.3) is 11.4 Å². The van der Waals surface area contributed by atoms with Gasteiger partial charge in [-0.3, -0.25) is 9.80 Å². The van der Waals surface area contributed by atoms with Crippen LogP contribution >= 0.6 is 11.3 Å². The lowest BCUT2D eigenvalue weighted by atomic mass is 10.2. The van der Waals surface area contributed by atoms with Crippen LogP contribution in [-0.2, 0) is 13.1 Å². The molecule has 2 aliphatic heterocycles. The average molecular weight is 384 g/mol. The van der Waals surface area contributed by atoms with Crippen LogP contribution in [-0.4, -0.2) is 52.9 Å². The van der Waals surface area contributed by atoms with Gasteiger partial charge in [0.2, 0.25) is 18.5 Å². The smallest absolute Gasteiger partial charge is 0.241 e. The molecule has 3 aromatic rings. The number of rotatable bonds is 5. The second-order valence-electron chi connectivity index (χ2n) is 6.71. The molecule has 8 heteroatoms. The SMILES string of the molecule is c1csc(CN2CCN(Cc3nc(-c4ccc5c(c4)OCO5)no3)CC2)c1. The van der Waals surface area contributed by atoms with Crippen molar-refractivity contribution in [3.05, 3.63) is 46.5 Å². The van der Waals surface area contributed by atoms with Crippen molar-refractivity contribution in [1.82, 2.24) is 19.9 Å². The second kappa shape index (κ2) is 7.30. The Labute approximate surface area is 161 Å². The molecule has 0 unspecified atom stereocenters. The summed E-state index contributed by atoms with van der Waals surface area (Å²) in [6, 6.07) is 10.0. The van der Waals surface area contributed by atoms with Crippen LogP contribution in [0.5, 0.6) is 11.5 Å². The van der Waals surface area contributed by atoms with Crippen molar-refractivity contribution in [2.45, 2.75) is 13.1 Å². The molecule has 4 heterocycles. The number of hydrogen-bond acceptors (Lipinski definition) is 8. The molecule has 0 aliphatic carbocycles. The lowest BCUT2D eigenvalue weighted by Crippen LogP contribution is -2.45. The van der Waals surface area contributed by atoms with Gasteiger partial charge in [-0.05, 0) is 29.6 Å². The van der Waals surface area contributed by atoms with Gasteiger partial charge in [-0.1, -0.05) is 11.2 Å². The van der Waals surface area contributed by atoms with E-state index in [1.807, 2.05) is 29.5 Å². The number of nitrogens with zero attached hydrogens (tertiary/aromatic N) is 4. The van der Waals surface area contributed by atoms with Crippen LogP contribution in [0.4, 0.5) is 0 Å². The quantitative estimate of drug-likeness (QED) is 0.670. The van der Waals surface area contributed by atoms with Crippen LogP contribution < -0.4 is 9.47 Å². The van der Waals surface area contributed by atoms with Gasteiger partial charge in [0.25, 0.3) is 0 Å². The fourth-order valence-electron chi connectivity index (χ4n) is 3.39. The van der Waals surface area contributed by atoms with Gasteiger partial charge in [-0.2, -0.15) is 4.98 Å². The minimum Gasteiger partial charge on any atom is -0.454 e. The van der Waals surface area contributed by atoms with E-state index >= 15 is 0 Å². The van der Waals surface area contributed by atoms with Gasteiger partial charge in [-0.25, -0.2) is 0 Å². The summed E-state index contributed by atoms with van der Waals surface area (Å²) in [7, 11) is 0. The largest absolute Gasteiger partial charge is 0.454 e. The van der Waals surface area contributed by atoms with E-state index < -0.39 is 0 Å². The maximum absolute atomic E-state index is 5.47. The zero-order valence-corrected chi connectivity index (χ0v) is 15.7. The van der Waals surface area contributed by atoms with Crippen molar-refractivity contribution >= 4 is 11.3 Å². The van der Waals surface area contributed by atoms with Gasteiger partial charge in [-0.15, -0.1) is 11.3 Å². The first-order valence-corrected chi connectivity index (χ1v) is 9.91. The summed E-state index contributed by atoms with van der Waals surface area (Å²) in [5.41, 5.74) is 0.870. The second-order valence-corrected chi connectivity index (χ2v) is 7.74. The van der Waals surface area contributed by atoms with Crippen LogP contribution in [0.3, 0.4) is 0 Å².